The summed E-state index contributed by atoms with van der Waals surface area (Å²) in [5.41, 5.74) is 3.92. The van der Waals surface area contributed by atoms with E-state index in [0.29, 0.717) is 30.9 Å². The fourth-order valence-electron chi connectivity index (χ4n) is 3.04. The monoisotopic (exact) mass is 369 g/mol. The van der Waals surface area contributed by atoms with Crippen LogP contribution in [0, 0.1) is 5.82 Å². The van der Waals surface area contributed by atoms with Gasteiger partial charge in [-0.2, -0.15) is 0 Å². The molecule has 1 aliphatic heterocycles. The molecule has 0 spiro atoms. The fraction of sp³-hybridized carbons (Fsp3) is 0.200. The highest BCUT2D eigenvalue weighted by atomic mass is 19.1. The van der Waals surface area contributed by atoms with Gasteiger partial charge in [-0.25, -0.2) is 9.87 Å². The van der Waals surface area contributed by atoms with Gasteiger partial charge < -0.3 is 4.90 Å². The van der Waals surface area contributed by atoms with Crippen molar-refractivity contribution < 1.29 is 19.2 Å². The van der Waals surface area contributed by atoms with Gasteiger partial charge in [0, 0.05) is 25.7 Å². The van der Waals surface area contributed by atoms with Crippen molar-refractivity contribution in [1.82, 2.24) is 10.4 Å². The first-order valence-corrected chi connectivity index (χ1v) is 8.55. The Kier molecular flexibility index (Phi) is 5.95. The van der Waals surface area contributed by atoms with E-state index in [1.54, 1.807) is 29.2 Å². The van der Waals surface area contributed by atoms with Gasteiger partial charge in [0.15, 0.2) is 0 Å². The van der Waals surface area contributed by atoms with Crippen molar-refractivity contribution in [2.45, 2.75) is 6.54 Å². The van der Waals surface area contributed by atoms with Crippen molar-refractivity contribution in [3.8, 4) is 0 Å². The molecule has 140 valence electrons. The lowest BCUT2D eigenvalue weighted by Crippen LogP contribution is -2.50. The predicted octanol–water partition coefficient (Wildman–Crippen LogP) is 2.19. The third-order valence-electron chi connectivity index (χ3n) is 4.37. The van der Waals surface area contributed by atoms with Crippen LogP contribution in [0.1, 0.15) is 11.1 Å². The number of halogens is 1. The Morgan fingerprint density at radius 3 is 2.59 bits per heavy atom. The summed E-state index contributed by atoms with van der Waals surface area (Å²) in [6.45, 7) is 2.03. The van der Waals surface area contributed by atoms with E-state index in [0.717, 1.165) is 5.56 Å². The Morgan fingerprint density at radius 2 is 1.89 bits per heavy atom. The molecule has 3 rings (SSSR count). The van der Waals surface area contributed by atoms with Gasteiger partial charge in [-0.3, -0.25) is 19.7 Å². The number of hydrogen-bond donors (Lipinski definition) is 2. The van der Waals surface area contributed by atoms with Crippen LogP contribution < -0.4 is 10.4 Å². The molecule has 1 fully saturated rings. The first kappa shape index (κ1) is 18.8. The van der Waals surface area contributed by atoms with Crippen molar-refractivity contribution >= 4 is 23.6 Å². The zero-order chi connectivity index (χ0) is 19.2. The van der Waals surface area contributed by atoms with E-state index < -0.39 is 5.91 Å². The lowest BCUT2D eigenvalue weighted by Gasteiger charge is -2.35. The molecule has 2 N–H and O–H groups in total. The average molecular weight is 369 g/mol. The van der Waals surface area contributed by atoms with E-state index in [1.807, 2.05) is 23.1 Å². The van der Waals surface area contributed by atoms with Crippen LogP contribution >= 0.6 is 0 Å². The Labute approximate surface area is 156 Å². The zero-order valence-corrected chi connectivity index (χ0v) is 14.6. The van der Waals surface area contributed by atoms with Crippen LogP contribution in [0.3, 0.4) is 0 Å². The molecule has 0 unspecified atom stereocenters. The molecule has 0 radical (unpaired) electrons. The number of amides is 2. The molecule has 2 aromatic rings. The third-order valence-corrected chi connectivity index (χ3v) is 4.37. The lowest BCUT2D eigenvalue weighted by molar-refractivity contribution is -0.124. The van der Waals surface area contributed by atoms with Gasteiger partial charge in [-0.05, 0) is 35.4 Å². The van der Waals surface area contributed by atoms with Crippen molar-refractivity contribution in [2.24, 2.45) is 0 Å². The summed E-state index contributed by atoms with van der Waals surface area (Å²) in [5, 5.41) is 8.60. The van der Waals surface area contributed by atoms with Crippen LogP contribution in [0.15, 0.2) is 54.6 Å². The molecule has 27 heavy (non-hydrogen) atoms. The highest BCUT2D eigenvalue weighted by molar-refractivity contribution is 5.98. The molecule has 2 aromatic carbocycles. The molecule has 2 amide bonds. The van der Waals surface area contributed by atoms with Crippen LogP contribution in [-0.2, 0) is 16.1 Å². The number of rotatable bonds is 5. The SMILES string of the molecule is O=C(C=Cc1ccccc1N1CCN(Cc2ccc(F)cc2)CC1=O)NO. The van der Waals surface area contributed by atoms with Crippen LogP contribution in [0.4, 0.5) is 10.1 Å². The first-order valence-electron chi connectivity index (χ1n) is 8.55. The summed E-state index contributed by atoms with van der Waals surface area (Å²) in [6.07, 6.45) is 2.76. The molecule has 0 aliphatic carbocycles. The van der Waals surface area contributed by atoms with Gasteiger partial charge >= 0.3 is 0 Å². The molecule has 1 saturated heterocycles. The highest BCUT2D eigenvalue weighted by Gasteiger charge is 2.26. The molecular weight excluding hydrogens is 349 g/mol. The molecule has 1 aliphatic rings. The lowest BCUT2D eigenvalue weighted by atomic mass is 10.1. The second-order valence-corrected chi connectivity index (χ2v) is 6.25. The minimum Gasteiger partial charge on any atom is -0.309 e. The fourth-order valence-corrected chi connectivity index (χ4v) is 3.04. The van der Waals surface area contributed by atoms with Gasteiger partial charge in [0.05, 0.1) is 12.2 Å². The largest absolute Gasteiger partial charge is 0.309 e. The topological polar surface area (TPSA) is 72.9 Å². The van der Waals surface area contributed by atoms with Crippen LogP contribution in [0.5, 0.6) is 0 Å². The Balaban J connectivity index is 1.70. The molecule has 0 aromatic heterocycles. The quantitative estimate of drug-likeness (QED) is 0.481. The predicted molar refractivity (Wildman–Crippen MR) is 99.4 cm³/mol. The number of piperazine rings is 1. The number of para-hydroxylation sites is 1. The van der Waals surface area contributed by atoms with Crippen molar-refractivity contribution in [3.63, 3.8) is 0 Å². The second-order valence-electron chi connectivity index (χ2n) is 6.25. The summed E-state index contributed by atoms with van der Waals surface area (Å²) < 4.78 is 13.0. The van der Waals surface area contributed by atoms with Gasteiger partial charge in [0.25, 0.3) is 5.91 Å². The number of hydroxylamine groups is 1. The molecule has 6 nitrogen and oxygen atoms in total. The summed E-state index contributed by atoms with van der Waals surface area (Å²) in [7, 11) is 0. The molecule has 0 bridgehead atoms. The normalized spacial score (nSPS) is 15.3. The van der Waals surface area contributed by atoms with E-state index in [-0.39, 0.29) is 18.3 Å². The molecule has 1 heterocycles. The summed E-state index contributed by atoms with van der Waals surface area (Å²) in [6, 6.07) is 13.5. The number of hydrogen-bond acceptors (Lipinski definition) is 4. The van der Waals surface area contributed by atoms with Crippen molar-refractivity contribution in [1.29, 1.82) is 0 Å². The van der Waals surface area contributed by atoms with Gasteiger partial charge in [0.1, 0.15) is 5.82 Å². The molecular formula is C20H20FN3O3. The summed E-state index contributed by atoms with van der Waals surface area (Å²) in [4.78, 5) is 27.6. The number of carbonyl (C=O) groups excluding carboxylic acids is 2. The van der Waals surface area contributed by atoms with Crippen LogP contribution in [0.25, 0.3) is 6.08 Å². The maximum absolute atomic E-state index is 13.0. The maximum Gasteiger partial charge on any atom is 0.267 e. The Hall–Kier alpha value is -3.03. The van der Waals surface area contributed by atoms with E-state index >= 15 is 0 Å². The van der Waals surface area contributed by atoms with Gasteiger partial charge in [-0.1, -0.05) is 30.3 Å². The molecule has 7 heteroatoms. The first-order chi connectivity index (χ1) is 13.1. The summed E-state index contributed by atoms with van der Waals surface area (Å²) >= 11 is 0. The van der Waals surface area contributed by atoms with Gasteiger partial charge in [-0.15, -0.1) is 0 Å². The van der Waals surface area contributed by atoms with E-state index in [2.05, 4.69) is 0 Å². The van der Waals surface area contributed by atoms with Crippen LogP contribution in [0.2, 0.25) is 0 Å². The Morgan fingerprint density at radius 1 is 1.15 bits per heavy atom. The number of benzene rings is 2. The smallest absolute Gasteiger partial charge is 0.267 e. The number of carbonyl (C=O) groups is 2. The van der Waals surface area contributed by atoms with E-state index in [1.165, 1.54) is 23.7 Å². The molecule has 0 atom stereocenters. The van der Waals surface area contributed by atoms with Crippen molar-refractivity contribution in [2.75, 3.05) is 24.5 Å². The summed E-state index contributed by atoms with van der Waals surface area (Å²) in [5.74, 6) is -0.963. The standard InChI is InChI=1S/C20H20FN3O3/c21-17-8-5-15(6-9-17)13-23-11-12-24(20(26)14-23)18-4-2-1-3-16(18)7-10-19(25)22-27/h1-10,27H,11-14H2,(H,22,25). The third kappa shape index (κ3) is 4.78. The van der Waals surface area contributed by atoms with Crippen LogP contribution in [-0.4, -0.2) is 41.6 Å². The number of nitrogens with one attached hydrogen (secondary N) is 1. The average Bonchev–Trinajstić information content (AvgIpc) is 2.68. The number of nitrogens with zero attached hydrogens (tertiary/aromatic N) is 2. The highest BCUT2D eigenvalue weighted by Crippen LogP contribution is 2.24. The number of anilines is 1. The van der Waals surface area contributed by atoms with Gasteiger partial charge in [0.2, 0.25) is 5.91 Å². The Bertz CT molecular complexity index is 852. The van der Waals surface area contributed by atoms with E-state index in [9.17, 15) is 14.0 Å². The maximum atomic E-state index is 13.0. The zero-order valence-electron chi connectivity index (χ0n) is 14.6. The van der Waals surface area contributed by atoms with E-state index in [4.69, 9.17) is 5.21 Å². The minimum atomic E-state index is -0.639. The van der Waals surface area contributed by atoms with Crippen molar-refractivity contribution in [3.05, 3.63) is 71.6 Å². The minimum absolute atomic E-state index is 0.0455. The second kappa shape index (κ2) is 8.57. The molecule has 0 saturated carbocycles.